The molecule has 9 heteroatoms. The second-order valence-electron chi connectivity index (χ2n) is 7.60. The topological polar surface area (TPSA) is 90.7 Å². The van der Waals surface area contributed by atoms with Crippen LogP contribution in [-0.4, -0.2) is 44.9 Å². The van der Waals surface area contributed by atoms with Crippen LogP contribution in [-0.2, 0) is 21.2 Å². The molecular weight excluding hydrogens is 438 g/mol. The number of nitriles is 1. The van der Waals surface area contributed by atoms with E-state index in [1.807, 2.05) is 6.07 Å². The molecule has 162 valence electrons. The molecule has 1 amide bonds. The Labute approximate surface area is 186 Å². The molecule has 0 atom stereocenters. The lowest BCUT2D eigenvalue weighted by atomic mass is 10.2. The highest BCUT2D eigenvalue weighted by molar-refractivity contribution is 7.89. The molecule has 1 saturated heterocycles. The molecule has 7 nitrogen and oxygen atoms in total. The van der Waals surface area contributed by atoms with E-state index in [1.54, 1.807) is 39.5 Å². The predicted molar refractivity (Wildman–Crippen MR) is 117 cm³/mol. The Kier molecular flexibility index (Phi) is 6.19. The van der Waals surface area contributed by atoms with Gasteiger partial charge in [0.2, 0.25) is 10.0 Å². The zero-order chi connectivity index (χ0) is 22.0. The summed E-state index contributed by atoms with van der Waals surface area (Å²) in [5.41, 5.74) is 1.95. The number of rotatable bonds is 5. The van der Waals surface area contributed by atoms with Crippen molar-refractivity contribution in [1.29, 1.82) is 5.26 Å². The lowest BCUT2D eigenvalue weighted by molar-refractivity contribution is -0.120. The fourth-order valence-corrected chi connectivity index (χ4v) is 5.76. The molecule has 2 aromatic rings. The number of amides is 1. The second-order valence-corrected chi connectivity index (χ2v) is 9.94. The van der Waals surface area contributed by atoms with Gasteiger partial charge in [-0.05, 0) is 61.2 Å². The monoisotopic (exact) mass is 459 g/mol. The number of anilines is 1. The summed E-state index contributed by atoms with van der Waals surface area (Å²) in [4.78, 5) is 14.6. The van der Waals surface area contributed by atoms with Crippen molar-refractivity contribution >= 4 is 33.2 Å². The maximum absolute atomic E-state index is 12.9. The quantitative estimate of drug-likeness (QED) is 0.683. The zero-order valence-corrected chi connectivity index (χ0v) is 18.5. The van der Waals surface area contributed by atoms with E-state index in [0.29, 0.717) is 43.1 Å². The summed E-state index contributed by atoms with van der Waals surface area (Å²) in [5, 5.41) is 9.17. The van der Waals surface area contributed by atoms with Crippen molar-refractivity contribution in [3.8, 4) is 11.8 Å². The first-order valence-electron chi connectivity index (χ1n) is 10.2. The van der Waals surface area contributed by atoms with Crippen LogP contribution in [0.15, 0.2) is 41.3 Å². The maximum atomic E-state index is 12.9. The molecule has 0 aromatic heterocycles. The van der Waals surface area contributed by atoms with E-state index in [-0.39, 0.29) is 22.4 Å². The Hall–Kier alpha value is -2.60. The summed E-state index contributed by atoms with van der Waals surface area (Å²) in [6.07, 6.45) is 3.41. The molecule has 2 aliphatic rings. The van der Waals surface area contributed by atoms with E-state index in [0.717, 1.165) is 24.8 Å². The van der Waals surface area contributed by atoms with Gasteiger partial charge in [0, 0.05) is 25.3 Å². The Morgan fingerprint density at radius 1 is 1.10 bits per heavy atom. The minimum absolute atomic E-state index is 0.209. The average Bonchev–Trinajstić information content (AvgIpc) is 3.22. The molecule has 0 saturated carbocycles. The molecule has 0 bridgehead atoms. The number of sulfonamides is 1. The molecule has 1 fully saturated rings. The molecule has 0 N–H and O–H groups in total. The zero-order valence-electron chi connectivity index (χ0n) is 16.9. The Bertz CT molecular complexity index is 1150. The highest BCUT2D eigenvalue weighted by Gasteiger charge is 2.30. The van der Waals surface area contributed by atoms with Crippen molar-refractivity contribution in [3.63, 3.8) is 0 Å². The number of halogens is 1. The lowest BCUT2D eigenvalue weighted by Gasteiger charge is -2.26. The molecule has 2 aliphatic heterocycles. The van der Waals surface area contributed by atoms with Crippen LogP contribution in [0.5, 0.6) is 5.75 Å². The van der Waals surface area contributed by atoms with Gasteiger partial charge in [0.05, 0.1) is 21.6 Å². The number of carbonyl (C=O) groups is 1. The van der Waals surface area contributed by atoms with E-state index in [9.17, 15) is 13.2 Å². The normalized spacial score (nSPS) is 16.6. The van der Waals surface area contributed by atoms with Gasteiger partial charge in [0.15, 0.2) is 6.61 Å². The summed E-state index contributed by atoms with van der Waals surface area (Å²) < 4.78 is 33.0. The molecule has 0 unspecified atom stereocenters. The predicted octanol–water partition coefficient (Wildman–Crippen LogP) is 3.35. The van der Waals surface area contributed by atoms with Gasteiger partial charge in [-0.3, -0.25) is 4.79 Å². The van der Waals surface area contributed by atoms with Crippen LogP contribution in [0.3, 0.4) is 0 Å². The van der Waals surface area contributed by atoms with Gasteiger partial charge in [-0.2, -0.15) is 9.57 Å². The maximum Gasteiger partial charge on any atom is 0.264 e. The molecule has 2 heterocycles. The van der Waals surface area contributed by atoms with Crippen molar-refractivity contribution < 1.29 is 17.9 Å². The largest absolute Gasteiger partial charge is 0.482 e. The Morgan fingerprint density at radius 3 is 2.58 bits per heavy atom. The number of hydrogen-bond donors (Lipinski definition) is 0. The molecule has 2 aromatic carbocycles. The van der Waals surface area contributed by atoms with Crippen molar-refractivity contribution in [2.45, 2.75) is 30.6 Å². The Morgan fingerprint density at radius 2 is 1.87 bits per heavy atom. The summed E-state index contributed by atoms with van der Waals surface area (Å²) in [5.74, 6) is 0.0854. The van der Waals surface area contributed by atoms with Gasteiger partial charge >= 0.3 is 0 Å². The van der Waals surface area contributed by atoms with E-state index < -0.39 is 10.0 Å². The molecule has 0 radical (unpaired) electrons. The van der Waals surface area contributed by atoms with Crippen molar-refractivity contribution in [1.82, 2.24) is 4.31 Å². The van der Waals surface area contributed by atoms with Crippen LogP contribution in [0.4, 0.5) is 5.69 Å². The number of piperidine rings is 1. The molecule has 4 rings (SSSR count). The van der Waals surface area contributed by atoms with Crippen molar-refractivity contribution in [2.75, 3.05) is 31.1 Å². The third kappa shape index (κ3) is 4.40. The smallest absolute Gasteiger partial charge is 0.264 e. The standard InChI is InChI=1S/C22H22ClN3O4S/c23-19-12-16(14-24)4-7-21(19)30-15-22(27)26-11-8-17-13-18(5-6-20(17)26)31(28,29)25-9-2-1-3-10-25/h4-7,12-13H,1-3,8-11,15H2. The van der Waals surface area contributed by atoms with Crippen LogP contribution >= 0.6 is 11.6 Å². The first-order chi connectivity index (χ1) is 14.9. The van der Waals surface area contributed by atoms with E-state index in [2.05, 4.69) is 0 Å². The SMILES string of the molecule is N#Cc1ccc(OCC(=O)N2CCc3cc(S(=O)(=O)N4CCCCC4)ccc32)c(Cl)c1. The molecule has 0 aliphatic carbocycles. The second kappa shape index (κ2) is 8.87. The number of ether oxygens (including phenoxy) is 1. The first kappa shape index (κ1) is 21.6. The van der Waals surface area contributed by atoms with Gasteiger partial charge in [0.25, 0.3) is 5.91 Å². The Balaban J connectivity index is 1.46. The molecular formula is C22H22ClN3O4S. The summed E-state index contributed by atoms with van der Waals surface area (Å²) in [6.45, 7) is 1.36. The van der Waals surface area contributed by atoms with Crippen LogP contribution in [0.1, 0.15) is 30.4 Å². The van der Waals surface area contributed by atoms with Crippen molar-refractivity contribution in [3.05, 3.63) is 52.5 Å². The van der Waals surface area contributed by atoms with Crippen LogP contribution in [0.25, 0.3) is 0 Å². The van der Waals surface area contributed by atoms with E-state index >= 15 is 0 Å². The summed E-state index contributed by atoms with van der Waals surface area (Å²) in [7, 11) is -3.51. The number of benzene rings is 2. The van der Waals surface area contributed by atoms with Crippen LogP contribution in [0.2, 0.25) is 5.02 Å². The van der Waals surface area contributed by atoms with E-state index in [4.69, 9.17) is 21.6 Å². The highest BCUT2D eigenvalue weighted by Crippen LogP contribution is 2.32. The number of fused-ring (bicyclic) bond motifs is 1. The van der Waals surface area contributed by atoms with Gasteiger partial charge in [-0.25, -0.2) is 8.42 Å². The van der Waals surface area contributed by atoms with Gasteiger partial charge < -0.3 is 9.64 Å². The third-order valence-electron chi connectivity index (χ3n) is 5.61. The van der Waals surface area contributed by atoms with Crippen molar-refractivity contribution in [2.24, 2.45) is 0 Å². The van der Waals surface area contributed by atoms with Gasteiger partial charge in [0.1, 0.15) is 5.75 Å². The van der Waals surface area contributed by atoms with Gasteiger partial charge in [-0.1, -0.05) is 18.0 Å². The molecule has 0 spiro atoms. The minimum Gasteiger partial charge on any atom is -0.482 e. The van der Waals surface area contributed by atoms with Crippen LogP contribution in [0, 0.1) is 11.3 Å². The average molecular weight is 460 g/mol. The number of carbonyl (C=O) groups excluding carboxylic acids is 1. The third-order valence-corrected chi connectivity index (χ3v) is 7.80. The lowest BCUT2D eigenvalue weighted by Crippen LogP contribution is -2.35. The van der Waals surface area contributed by atoms with E-state index in [1.165, 1.54) is 6.07 Å². The minimum atomic E-state index is -3.51. The molecule has 31 heavy (non-hydrogen) atoms. The van der Waals surface area contributed by atoms with Crippen LogP contribution < -0.4 is 9.64 Å². The number of nitrogens with zero attached hydrogens (tertiary/aromatic N) is 3. The fraction of sp³-hybridized carbons (Fsp3) is 0.364. The highest BCUT2D eigenvalue weighted by atomic mass is 35.5. The fourth-order valence-electron chi connectivity index (χ4n) is 3.96. The first-order valence-corrected chi connectivity index (χ1v) is 12.0. The number of hydrogen-bond acceptors (Lipinski definition) is 5. The summed E-state index contributed by atoms with van der Waals surface area (Å²) in [6, 6.07) is 11.6. The summed E-state index contributed by atoms with van der Waals surface area (Å²) >= 11 is 6.09. The van der Waals surface area contributed by atoms with Gasteiger partial charge in [-0.15, -0.1) is 0 Å².